The van der Waals surface area contributed by atoms with E-state index in [1.54, 1.807) is 0 Å². The van der Waals surface area contributed by atoms with Crippen LogP contribution in [0.15, 0.2) is 0 Å². The number of hydrogen-bond donors (Lipinski definition) is 0. The van der Waals surface area contributed by atoms with Crippen LogP contribution in [-0.2, 0) is 20.2 Å². The Balaban J connectivity index is -0.00000105. The minimum atomic E-state index is -9.02. The first-order valence-electron chi connectivity index (χ1n) is 11.3. The molecular weight excluding hydrogens is 1020 g/mol. The second kappa shape index (κ2) is 15.2. The molecule has 0 unspecified atom stereocenters. The number of alkyl halides is 34. The summed E-state index contributed by atoms with van der Waals surface area (Å²) in [6.45, 7) is 0. The van der Waals surface area contributed by atoms with E-state index in [2.05, 4.69) is 0 Å². The van der Waals surface area contributed by atoms with Crippen molar-refractivity contribution in [3.63, 3.8) is 0 Å². The molecule has 6 nitrogen and oxygen atoms in total. The van der Waals surface area contributed by atoms with Crippen molar-refractivity contribution in [2.45, 2.75) is 93.9 Å². The Morgan fingerprint density at radius 1 is 0.237 bits per heavy atom. The number of rotatable bonds is 12. The molecule has 0 aliphatic heterocycles. The summed E-state index contributed by atoms with van der Waals surface area (Å²) in [6, 6.07) is 0. The Bertz CT molecular complexity index is 1560. The molecule has 0 aliphatic rings. The summed E-state index contributed by atoms with van der Waals surface area (Å²) < 4.78 is 490. The second-order valence-corrected chi connectivity index (χ2v) is 12.7. The van der Waals surface area contributed by atoms with Crippen LogP contribution in [0.4, 0.5) is 149 Å². The van der Waals surface area contributed by atoms with Crippen LogP contribution in [0.5, 0.6) is 0 Å². The van der Waals surface area contributed by atoms with Crippen LogP contribution in [0.3, 0.4) is 0 Å². The summed E-state index contributed by atoms with van der Waals surface area (Å²) in [7, 11) is -16.3. The van der Waals surface area contributed by atoms with Crippen LogP contribution in [0, 0.1) is 0 Å². The van der Waals surface area contributed by atoms with Crippen LogP contribution in [0.25, 0.3) is 0 Å². The Kier molecular flexibility index (Phi) is 15.8. The van der Waals surface area contributed by atoms with Gasteiger partial charge in [-0.1, -0.05) is 0 Å². The minimum Gasteiger partial charge on any atom is -0.743 e. The largest absolute Gasteiger partial charge is 2.00 e. The zero-order valence-corrected chi connectivity index (χ0v) is 27.9. The van der Waals surface area contributed by atoms with Crippen molar-refractivity contribution in [3.8, 4) is 0 Å². The SMILES string of the molecule is O=S(=O)([O-])C(F)(F)C(F)(F)C(F)(F)C(F)(F)C(F)(F)C(F)(C(F)(F)F)C(F)(F)F.O=S(=O)([O-])C(F)(F)C(F)(F)C(F)(F)C(F)(F)C(F)(F)C(F)(C(F)(F)F)C(F)(F)F.[Mg+2]. The molecule has 0 aromatic heterocycles. The molecule has 0 N–H and O–H groups in total. The zero-order chi connectivity index (χ0) is 49.0. The van der Waals surface area contributed by atoms with Gasteiger partial charge in [0.2, 0.25) is 0 Å². The molecule has 0 heterocycles. The molecule has 43 heteroatoms. The van der Waals surface area contributed by atoms with Crippen LogP contribution in [0.2, 0.25) is 0 Å². The molecule has 0 atom stereocenters. The van der Waals surface area contributed by atoms with E-state index in [1.807, 2.05) is 0 Å². The maximum absolute atomic E-state index is 13.1. The first-order chi connectivity index (χ1) is 24.0. The van der Waals surface area contributed by atoms with Gasteiger partial charge in [0.05, 0.1) is 0 Å². The van der Waals surface area contributed by atoms with Gasteiger partial charge in [-0.3, -0.25) is 0 Å². The molecule has 0 amide bonds. The third kappa shape index (κ3) is 8.17. The van der Waals surface area contributed by atoms with E-state index in [-0.39, 0.29) is 23.1 Å². The van der Waals surface area contributed by atoms with E-state index in [4.69, 9.17) is 0 Å². The van der Waals surface area contributed by atoms with Gasteiger partial charge in [-0.05, 0) is 0 Å². The number of halogens is 34. The monoisotopic (exact) mass is 1020 g/mol. The van der Waals surface area contributed by atoms with Crippen LogP contribution in [0.1, 0.15) is 0 Å². The molecule has 0 bridgehead atoms. The van der Waals surface area contributed by atoms with E-state index in [0.717, 1.165) is 0 Å². The Labute approximate surface area is 312 Å². The van der Waals surface area contributed by atoms with Gasteiger partial charge in [0.25, 0.3) is 0 Å². The summed E-state index contributed by atoms with van der Waals surface area (Å²) in [5.41, 5.74) is -17.5. The fourth-order valence-electron chi connectivity index (χ4n) is 2.93. The molecule has 0 spiro atoms. The predicted octanol–water partition coefficient (Wildman–Crippen LogP) is 8.62. The topological polar surface area (TPSA) is 114 Å². The second-order valence-electron chi connectivity index (χ2n) is 9.84. The Morgan fingerprint density at radius 2 is 0.356 bits per heavy atom. The smallest absolute Gasteiger partial charge is 0.743 e. The third-order valence-electron chi connectivity index (χ3n) is 6.15. The van der Waals surface area contributed by atoms with E-state index in [1.165, 1.54) is 0 Å². The van der Waals surface area contributed by atoms with Crippen LogP contribution >= 0.6 is 0 Å². The molecule has 0 saturated carbocycles. The van der Waals surface area contributed by atoms with Crippen molar-refractivity contribution in [1.82, 2.24) is 0 Å². The molecular formula is C16F34MgO6S2. The summed E-state index contributed by atoms with van der Waals surface area (Å²) in [4.78, 5) is 0. The molecule has 0 radical (unpaired) electrons. The summed E-state index contributed by atoms with van der Waals surface area (Å²) in [5.74, 6) is -70.9. The molecule has 0 saturated heterocycles. The molecule has 352 valence electrons. The molecule has 59 heavy (non-hydrogen) atoms. The normalized spacial score (nSPS) is 16.6. The molecule has 0 aromatic carbocycles. The van der Waals surface area contributed by atoms with Crippen molar-refractivity contribution in [2.75, 3.05) is 0 Å². The number of hydrogen-bond acceptors (Lipinski definition) is 6. The van der Waals surface area contributed by atoms with Crippen LogP contribution in [-0.4, -0.2) is 143 Å². The van der Waals surface area contributed by atoms with E-state index in [9.17, 15) is 175 Å². The average molecular weight is 1020 g/mol. The Hall–Kier alpha value is -1.79. The average Bonchev–Trinajstić information content (AvgIpc) is 2.91. The van der Waals surface area contributed by atoms with E-state index in [0.29, 0.717) is 0 Å². The maximum Gasteiger partial charge on any atom is 2.00 e. The van der Waals surface area contributed by atoms with Gasteiger partial charge in [0.15, 0.2) is 20.2 Å². The summed E-state index contributed by atoms with van der Waals surface area (Å²) in [6.07, 6.45) is -33.1. The molecule has 0 rings (SSSR count). The van der Waals surface area contributed by atoms with Crippen molar-refractivity contribution >= 4 is 43.3 Å². The van der Waals surface area contributed by atoms with Gasteiger partial charge in [-0.25, -0.2) is 25.6 Å². The van der Waals surface area contributed by atoms with Crippen molar-refractivity contribution < 1.29 is 175 Å². The molecule has 0 aliphatic carbocycles. The molecule has 0 aromatic rings. The van der Waals surface area contributed by atoms with Gasteiger partial charge < -0.3 is 9.11 Å². The van der Waals surface area contributed by atoms with Gasteiger partial charge in [-0.15, -0.1) is 0 Å². The maximum atomic E-state index is 13.1. The third-order valence-corrected chi connectivity index (χ3v) is 7.92. The van der Waals surface area contributed by atoms with Crippen molar-refractivity contribution in [1.29, 1.82) is 0 Å². The first kappa shape index (κ1) is 61.5. The van der Waals surface area contributed by atoms with Crippen molar-refractivity contribution in [2.24, 2.45) is 0 Å². The van der Waals surface area contributed by atoms with E-state index >= 15 is 0 Å². The minimum absolute atomic E-state index is 0. The standard InChI is InChI=1S/2C8HF17O3S.Mg/c2*9-1(6(18,19)20,7(21,22)23)2(10,11)3(12,13)4(14,15)5(16,17)8(24,25)29(26,27)28;/h2*(H,26,27,28);/q;;+2/p-2. The molecule has 0 fully saturated rings. The fraction of sp³-hybridized carbons (Fsp3) is 1.00. The summed E-state index contributed by atoms with van der Waals surface area (Å²) >= 11 is 0. The van der Waals surface area contributed by atoms with Gasteiger partial charge in [0, 0.05) is 0 Å². The Morgan fingerprint density at radius 3 is 0.458 bits per heavy atom. The van der Waals surface area contributed by atoms with Crippen molar-refractivity contribution in [3.05, 3.63) is 0 Å². The quantitative estimate of drug-likeness (QED) is 0.110. The van der Waals surface area contributed by atoms with Crippen LogP contribution < -0.4 is 0 Å². The van der Waals surface area contributed by atoms with E-state index < -0.39 is 114 Å². The fourth-order valence-corrected chi connectivity index (χ4v) is 3.82. The predicted molar refractivity (Wildman–Crippen MR) is 107 cm³/mol. The van der Waals surface area contributed by atoms with Gasteiger partial charge in [-0.2, -0.15) is 140 Å². The van der Waals surface area contributed by atoms with Gasteiger partial charge in [0.1, 0.15) is 0 Å². The first-order valence-corrected chi connectivity index (χ1v) is 14.2. The van der Waals surface area contributed by atoms with Gasteiger partial charge >= 0.3 is 117 Å². The zero-order valence-electron chi connectivity index (χ0n) is 24.8. The summed E-state index contributed by atoms with van der Waals surface area (Å²) in [5, 5.41) is -16.0.